The van der Waals surface area contributed by atoms with Crippen molar-refractivity contribution >= 4 is 28.2 Å². The predicted octanol–water partition coefficient (Wildman–Crippen LogP) is 4.03. The van der Waals surface area contributed by atoms with Gasteiger partial charge >= 0.3 is 0 Å². The molecule has 1 N–H and O–H groups in total. The number of methoxy groups -OCH3 is 1. The van der Waals surface area contributed by atoms with Crippen LogP contribution in [0.25, 0.3) is 27.8 Å². The zero-order valence-corrected chi connectivity index (χ0v) is 21.4. The van der Waals surface area contributed by atoms with Crippen molar-refractivity contribution in [3.63, 3.8) is 0 Å². The molecule has 0 unspecified atom stereocenters. The lowest BCUT2D eigenvalue weighted by Crippen LogP contribution is -2.53. The number of carbonyl (C=O) groups is 1. The molecule has 0 aliphatic carbocycles. The number of ketones is 1. The van der Waals surface area contributed by atoms with Gasteiger partial charge in [-0.05, 0) is 24.5 Å². The van der Waals surface area contributed by atoms with Gasteiger partial charge in [0.25, 0.3) is 0 Å². The minimum atomic E-state index is -0.322. The molecule has 1 aliphatic rings. The third-order valence-corrected chi connectivity index (χ3v) is 7.00. The number of carbonyl (C=O) groups excluding carboxylic acids is 1. The molecule has 1 fully saturated rings. The Bertz CT molecular complexity index is 1430. The van der Waals surface area contributed by atoms with E-state index in [-0.39, 0.29) is 23.6 Å². The van der Waals surface area contributed by atoms with Crippen molar-refractivity contribution in [2.24, 2.45) is 0 Å². The maximum Gasteiger partial charge on any atom is 0.197 e. The van der Waals surface area contributed by atoms with Gasteiger partial charge in [0.15, 0.2) is 23.0 Å². The summed E-state index contributed by atoms with van der Waals surface area (Å²) in [5.74, 6) is 0.894. The number of nitrogens with zero attached hydrogens (tertiary/aromatic N) is 6. The Hall–Kier alpha value is -3.53. The van der Waals surface area contributed by atoms with Crippen molar-refractivity contribution < 1.29 is 13.9 Å². The minimum Gasteiger partial charge on any atom is -0.493 e. The average molecular weight is 494 g/mol. The number of fused-ring (bicyclic) bond motifs is 2. The monoisotopic (exact) mass is 493 g/mol. The van der Waals surface area contributed by atoms with Gasteiger partial charge < -0.3 is 14.6 Å². The van der Waals surface area contributed by atoms with E-state index in [2.05, 4.69) is 45.7 Å². The zero-order chi connectivity index (χ0) is 25.6. The van der Waals surface area contributed by atoms with Crippen LogP contribution in [0.4, 0.5) is 10.2 Å². The summed E-state index contributed by atoms with van der Waals surface area (Å²) in [5.41, 5.74) is 3.78. The average Bonchev–Trinajstić information content (AvgIpc) is 3.49. The number of aromatic nitrogens is 5. The van der Waals surface area contributed by atoms with Crippen molar-refractivity contribution in [3.05, 3.63) is 36.2 Å². The molecule has 1 aliphatic heterocycles. The van der Waals surface area contributed by atoms with Crippen LogP contribution < -0.4 is 9.64 Å². The maximum absolute atomic E-state index is 16.2. The Kier molecular flexibility index (Phi) is 6.38. The van der Waals surface area contributed by atoms with Crippen LogP contribution in [0.5, 0.6) is 5.75 Å². The van der Waals surface area contributed by atoms with E-state index in [0.29, 0.717) is 60.7 Å². The number of nitrogens with one attached hydrogen (secondary N) is 1. The molecule has 0 spiro atoms. The molecular weight excluding hydrogens is 461 g/mol. The van der Waals surface area contributed by atoms with Gasteiger partial charge in [-0.1, -0.05) is 20.8 Å². The summed E-state index contributed by atoms with van der Waals surface area (Å²) >= 11 is 0. The SMILES string of the molecule is CCC(=O)CN1CCN(c2ncc3[nH]c(-c4cc(OC)c5ncnn5c4)c(C(C)C)c3c2F)[C@H](C)C1. The lowest BCUT2D eigenvalue weighted by molar-refractivity contribution is -0.120. The number of halogens is 1. The van der Waals surface area contributed by atoms with Crippen LogP contribution in [0, 0.1) is 5.82 Å². The minimum absolute atomic E-state index is 0.0303. The number of piperazine rings is 1. The first kappa shape index (κ1) is 24.2. The van der Waals surface area contributed by atoms with Crippen LogP contribution in [0.15, 0.2) is 24.8 Å². The van der Waals surface area contributed by atoms with E-state index >= 15 is 4.39 Å². The van der Waals surface area contributed by atoms with E-state index in [1.165, 1.54) is 6.33 Å². The maximum atomic E-state index is 16.2. The van der Waals surface area contributed by atoms with Crippen molar-refractivity contribution in [2.45, 2.75) is 46.1 Å². The van der Waals surface area contributed by atoms with Gasteiger partial charge in [-0.15, -0.1) is 0 Å². The van der Waals surface area contributed by atoms with E-state index < -0.39 is 0 Å². The molecule has 1 atom stereocenters. The zero-order valence-electron chi connectivity index (χ0n) is 21.4. The number of aromatic amines is 1. The van der Waals surface area contributed by atoms with Gasteiger partial charge in [-0.3, -0.25) is 9.69 Å². The molecule has 0 aromatic carbocycles. The van der Waals surface area contributed by atoms with Crippen LogP contribution in [-0.2, 0) is 4.79 Å². The number of H-pyrrole nitrogens is 1. The smallest absolute Gasteiger partial charge is 0.197 e. The molecular formula is C26H32FN7O2. The van der Waals surface area contributed by atoms with Crippen LogP contribution in [0.3, 0.4) is 0 Å². The Labute approximate surface area is 209 Å². The first-order chi connectivity index (χ1) is 17.3. The number of pyridine rings is 2. The lowest BCUT2D eigenvalue weighted by Gasteiger charge is -2.40. The normalized spacial score (nSPS) is 17.0. The molecule has 1 saturated heterocycles. The molecule has 190 valence electrons. The first-order valence-corrected chi connectivity index (χ1v) is 12.4. The van der Waals surface area contributed by atoms with Crippen molar-refractivity contribution in [2.75, 3.05) is 38.2 Å². The number of hydrogen-bond donors (Lipinski definition) is 1. The summed E-state index contributed by atoms with van der Waals surface area (Å²) in [6.07, 6.45) is 5.59. The fraction of sp³-hybridized carbons (Fsp3) is 0.462. The summed E-state index contributed by atoms with van der Waals surface area (Å²) in [6, 6.07) is 1.92. The molecule has 4 aromatic heterocycles. The second-order valence-electron chi connectivity index (χ2n) is 9.75. The topological polar surface area (TPSA) is 91.7 Å². The highest BCUT2D eigenvalue weighted by Gasteiger charge is 2.30. The first-order valence-electron chi connectivity index (χ1n) is 12.4. The van der Waals surface area contributed by atoms with Gasteiger partial charge in [0.1, 0.15) is 12.1 Å². The summed E-state index contributed by atoms with van der Waals surface area (Å²) in [6.45, 7) is 10.5. The molecule has 0 saturated carbocycles. The summed E-state index contributed by atoms with van der Waals surface area (Å²) in [4.78, 5) is 28.3. The van der Waals surface area contributed by atoms with E-state index in [4.69, 9.17) is 4.74 Å². The largest absolute Gasteiger partial charge is 0.493 e. The summed E-state index contributed by atoms with van der Waals surface area (Å²) in [7, 11) is 1.59. The van der Waals surface area contributed by atoms with Gasteiger partial charge in [0, 0.05) is 49.2 Å². The van der Waals surface area contributed by atoms with Crippen LogP contribution in [-0.4, -0.2) is 74.6 Å². The Balaban J connectivity index is 1.57. The Morgan fingerprint density at radius 3 is 2.81 bits per heavy atom. The van der Waals surface area contributed by atoms with Gasteiger partial charge in [-0.2, -0.15) is 5.10 Å². The fourth-order valence-electron chi connectivity index (χ4n) is 5.20. The Morgan fingerprint density at radius 1 is 1.31 bits per heavy atom. The highest BCUT2D eigenvalue weighted by Crippen LogP contribution is 2.40. The molecule has 9 nitrogen and oxygen atoms in total. The predicted molar refractivity (Wildman–Crippen MR) is 137 cm³/mol. The van der Waals surface area contributed by atoms with E-state index in [9.17, 15) is 4.79 Å². The van der Waals surface area contributed by atoms with E-state index in [0.717, 1.165) is 16.8 Å². The van der Waals surface area contributed by atoms with Crippen LogP contribution in [0.1, 0.15) is 45.6 Å². The molecule has 5 heterocycles. The molecule has 0 radical (unpaired) electrons. The van der Waals surface area contributed by atoms with Gasteiger partial charge in [0.2, 0.25) is 0 Å². The molecule has 10 heteroatoms. The third kappa shape index (κ3) is 4.09. The number of ether oxygens (including phenoxy) is 1. The molecule has 5 rings (SSSR count). The molecule has 36 heavy (non-hydrogen) atoms. The van der Waals surface area contributed by atoms with Crippen molar-refractivity contribution in [1.29, 1.82) is 0 Å². The van der Waals surface area contributed by atoms with Crippen LogP contribution >= 0.6 is 0 Å². The third-order valence-electron chi connectivity index (χ3n) is 7.00. The summed E-state index contributed by atoms with van der Waals surface area (Å²) < 4.78 is 23.4. The molecule has 0 bridgehead atoms. The number of anilines is 1. The second kappa shape index (κ2) is 9.50. The van der Waals surface area contributed by atoms with E-state index in [1.54, 1.807) is 17.8 Å². The van der Waals surface area contributed by atoms with Crippen molar-refractivity contribution in [3.8, 4) is 17.0 Å². The van der Waals surface area contributed by atoms with Crippen LogP contribution in [0.2, 0.25) is 0 Å². The molecule has 0 amide bonds. The fourth-order valence-corrected chi connectivity index (χ4v) is 5.20. The quantitative estimate of drug-likeness (QED) is 0.416. The lowest BCUT2D eigenvalue weighted by atomic mass is 9.96. The van der Waals surface area contributed by atoms with E-state index in [1.807, 2.05) is 24.1 Å². The standard InChI is InChI=1S/C26H32FN7O2/c1-6-18(35)13-32-7-8-33(16(4)11-32)26-23(27)22-19(10-28-26)31-24(21(22)15(2)3)17-9-20(36-5)25-29-14-30-34(25)12-17/h9-10,12,14-16,31H,6-8,11,13H2,1-5H3/t16-/m1/s1. The highest BCUT2D eigenvalue weighted by molar-refractivity contribution is 5.93. The number of hydrogen-bond acceptors (Lipinski definition) is 7. The summed E-state index contributed by atoms with van der Waals surface area (Å²) in [5, 5.41) is 4.82. The number of rotatable bonds is 7. The number of Topliss-reactive ketones (excluding diaryl/α,β-unsaturated/α-hetero) is 1. The molecule has 4 aromatic rings. The Morgan fingerprint density at radius 2 is 2.11 bits per heavy atom. The second-order valence-corrected chi connectivity index (χ2v) is 9.75. The van der Waals surface area contributed by atoms with Crippen molar-refractivity contribution in [1.82, 2.24) is 29.5 Å². The van der Waals surface area contributed by atoms with Gasteiger partial charge in [-0.25, -0.2) is 18.9 Å². The van der Waals surface area contributed by atoms with Gasteiger partial charge in [0.05, 0.1) is 31.1 Å². The highest BCUT2D eigenvalue weighted by atomic mass is 19.1.